The van der Waals surface area contributed by atoms with Gasteiger partial charge in [0.05, 0.1) is 30.9 Å². The number of nitrogens with zero attached hydrogens (tertiary/aromatic N) is 7. The summed E-state index contributed by atoms with van der Waals surface area (Å²) in [6.07, 6.45) is 3.22. The van der Waals surface area contributed by atoms with Crippen molar-refractivity contribution in [1.82, 2.24) is 29.6 Å². The minimum atomic E-state index is -0.365. The molecule has 10 nitrogen and oxygen atoms in total. The summed E-state index contributed by atoms with van der Waals surface area (Å²) in [7, 11) is 1.36. The molecule has 0 N–H and O–H groups in total. The second kappa shape index (κ2) is 7.55. The van der Waals surface area contributed by atoms with E-state index in [9.17, 15) is 4.79 Å². The van der Waals surface area contributed by atoms with Gasteiger partial charge < -0.3 is 14.1 Å². The van der Waals surface area contributed by atoms with Crippen LogP contribution >= 0.6 is 0 Å². The number of oxazole rings is 1. The molecular formula is C18H23N7O3. The van der Waals surface area contributed by atoms with Crippen LogP contribution in [0.5, 0.6) is 0 Å². The zero-order valence-corrected chi connectivity index (χ0v) is 16.3. The first-order valence-electron chi connectivity index (χ1n) is 9.18. The molecule has 4 heterocycles. The summed E-state index contributed by atoms with van der Waals surface area (Å²) in [5.41, 5.74) is 1.57. The second-order valence-electron chi connectivity index (χ2n) is 6.83. The van der Waals surface area contributed by atoms with Gasteiger partial charge in [0.1, 0.15) is 24.5 Å². The van der Waals surface area contributed by atoms with E-state index in [-0.39, 0.29) is 12.5 Å². The number of carbonyl (C=O) groups excluding carboxylic acids is 1. The highest BCUT2D eigenvalue weighted by Crippen LogP contribution is 2.24. The number of rotatable bonds is 5. The van der Waals surface area contributed by atoms with Crippen LogP contribution < -0.4 is 4.90 Å². The number of methoxy groups -OCH3 is 1. The standard InChI is InChI=1S/C18H23N7O3/c1-12-13(2)28-15(22-12)9-23-4-6-24(7-5-23)17-14-8-21-25(10-16(26)27-3)18(14)20-11-19-17/h8,11H,4-7,9-10H2,1-3H3. The number of fused-ring (bicyclic) bond motifs is 1. The molecule has 0 aliphatic carbocycles. The lowest BCUT2D eigenvalue weighted by atomic mass is 10.2. The van der Waals surface area contributed by atoms with E-state index in [1.807, 2.05) is 13.8 Å². The Morgan fingerprint density at radius 2 is 2.00 bits per heavy atom. The van der Waals surface area contributed by atoms with Crippen molar-refractivity contribution in [1.29, 1.82) is 0 Å². The monoisotopic (exact) mass is 385 g/mol. The lowest BCUT2D eigenvalue weighted by Crippen LogP contribution is -2.46. The number of anilines is 1. The molecule has 0 radical (unpaired) electrons. The van der Waals surface area contributed by atoms with Crippen LogP contribution in [0, 0.1) is 13.8 Å². The number of hydrogen-bond donors (Lipinski definition) is 0. The third-order valence-electron chi connectivity index (χ3n) is 5.02. The molecule has 1 fully saturated rings. The summed E-state index contributed by atoms with van der Waals surface area (Å²) in [4.78, 5) is 29.3. The SMILES string of the molecule is COC(=O)Cn1ncc2c(N3CCN(Cc4nc(C)c(C)o4)CC3)ncnc21. The van der Waals surface area contributed by atoms with Gasteiger partial charge in [0.15, 0.2) is 5.65 Å². The van der Waals surface area contributed by atoms with E-state index in [1.54, 1.807) is 6.20 Å². The molecular weight excluding hydrogens is 362 g/mol. The van der Waals surface area contributed by atoms with Crippen LogP contribution in [0.2, 0.25) is 0 Å². The van der Waals surface area contributed by atoms with E-state index < -0.39 is 0 Å². The van der Waals surface area contributed by atoms with Gasteiger partial charge in [-0.1, -0.05) is 0 Å². The Hall–Kier alpha value is -3.01. The van der Waals surface area contributed by atoms with Crippen molar-refractivity contribution in [2.24, 2.45) is 0 Å². The number of ether oxygens (including phenoxy) is 1. The molecule has 1 aliphatic rings. The number of carbonyl (C=O) groups is 1. The van der Waals surface area contributed by atoms with Crippen molar-refractivity contribution in [3.8, 4) is 0 Å². The van der Waals surface area contributed by atoms with Crippen LogP contribution in [0.4, 0.5) is 5.82 Å². The molecule has 4 rings (SSSR count). The molecule has 10 heteroatoms. The molecule has 1 saturated heterocycles. The number of aryl methyl sites for hydroxylation is 2. The third kappa shape index (κ3) is 3.55. The van der Waals surface area contributed by atoms with E-state index in [0.717, 1.165) is 54.7 Å². The first kappa shape index (κ1) is 18.4. The number of piperazine rings is 1. The van der Waals surface area contributed by atoms with Gasteiger partial charge in [-0.05, 0) is 13.8 Å². The summed E-state index contributed by atoms with van der Waals surface area (Å²) >= 11 is 0. The quantitative estimate of drug-likeness (QED) is 0.593. The van der Waals surface area contributed by atoms with Crippen molar-refractivity contribution in [3.63, 3.8) is 0 Å². The summed E-state index contributed by atoms with van der Waals surface area (Å²) < 4.78 is 11.9. The largest absolute Gasteiger partial charge is 0.468 e. The van der Waals surface area contributed by atoms with Gasteiger partial charge in [-0.3, -0.25) is 9.69 Å². The maximum absolute atomic E-state index is 11.6. The van der Waals surface area contributed by atoms with Crippen LogP contribution in [-0.2, 0) is 22.6 Å². The molecule has 0 atom stereocenters. The highest BCUT2D eigenvalue weighted by Gasteiger charge is 2.23. The van der Waals surface area contributed by atoms with Crippen LogP contribution in [0.25, 0.3) is 11.0 Å². The van der Waals surface area contributed by atoms with Crippen LogP contribution in [0.15, 0.2) is 16.9 Å². The average molecular weight is 385 g/mol. The first-order valence-corrected chi connectivity index (χ1v) is 9.18. The van der Waals surface area contributed by atoms with E-state index in [0.29, 0.717) is 12.2 Å². The van der Waals surface area contributed by atoms with Crippen molar-refractivity contribution >= 4 is 22.8 Å². The number of hydrogen-bond acceptors (Lipinski definition) is 9. The van der Waals surface area contributed by atoms with Gasteiger partial charge in [0.2, 0.25) is 5.89 Å². The third-order valence-corrected chi connectivity index (χ3v) is 5.02. The second-order valence-corrected chi connectivity index (χ2v) is 6.83. The minimum Gasteiger partial charge on any atom is -0.468 e. The molecule has 1 aliphatic heterocycles. The van der Waals surface area contributed by atoms with Gasteiger partial charge in [0.25, 0.3) is 0 Å². The molecule has 28 heavy (non-hydrogen) atoms. The molecule has 3 aromatic heterocycles. The fraction of sp³-hybridized carbons (Fsp3) is 0.500. The Morgan fingerprint density at radius 3 is 2.68 bits per heavy atom. The van der Waals surface area contributed by atoms with Gasteiger partial charge in [-0.25, -0.2) is 19.6 Å². The van der Waals surface area contributed by atoms with Gasteiger partial charge in [0, 0.05) is 26.2 Å². The Kier molecular flexibility index (Phi) is 4.95. The maximum atomic E-state index is 11.6. The van der Waals surface area contributed by atoms with Crippen molar-refractivity contribution in [2.45, 2.75) is 26.9 Å². The minimum absolute atomic E-state index is 0.0270. The summed E-state index contributed by atoms with van der Waals surface area (Å²) in [6, 6.07) is 0. The Bertz CT molecular complexity index is 969. The molecule has 0 bridgehead atoms. The molecule has 3 aromatic rings. The average Bonchev–Trinajstić information content (AvgIpc) is 3.25. The Balaban J connectivity index is 1.45. The van der Waals surface area contributed by atoms with Crippen molar-refractivity contribution < 1.29 is 13.9 Å². The van der Waals surface area contributed by atoms with E-state index in [2.05, 4.69) is 29.9 Å². The highest BCUT2D eigenvalue weighted by molar-refractivity contribution is 5.87. The van der Waals surface area contributed by atoms with Crippen LogP contribution in [0.1, 0.15) is 17.3 Å². The smallest absolute Gasteiger partial charge is 0.327 e. The fourth-order valence-corrected chi connectivity index (χ4v) is 3.35. The van der Waals surface area contributed by atoms with Crippen molar-refractivity contribution in [3.05, 3.63) is 29.9 Å². The molecule has 0 unspecified atom stereocenters. The first-order chi connectivity index (χ1) is 13.5. The Labute approximate surface area is 162 Å². The van der Waals surface area contributed by atoms with E-state index >= 15 is 0 Å². The predicted octanol–water partition coefficient (Wildman–Crippen LogP) is 0.926. The Morgan fingerprint density at radius 1 is 1.21 bits per heavy atom. The molecule has 0 amide bonds. The number of aromatic nitrogens is 5. The predicted molar refractivity (Wildman–Crippen MR) is 101 cm³/mol. The summed E-state index contributed by atoms with van der Waals surface area (Å²) in [5.74, 6) is 2.11. The lowest BCUT2D eigenvalue weighted by molar-refractivity contribution is -0.141. The van der Waals surface area contributed by atoms with E-state index in [1.165, 1.54) is 18.1 Å². The zero-order valence-electron chi connectivity index (χ0n) is 16.3. The van der Waals surface area contributed by atoms with E-state index in [4.69, 9.17) is 9.15 Å². The fourth-order valence-electron chi connectivity index (χ4n) is 3.35. The molecule has 0 spiro atoms. The topological polar surface area (TPSA) is 102 Å². The zero-order chi connectivity index (χ0) is 19.7. The summed E-state index contributed by atoms with van der Waals surface area (Å²) in [6.45, 7) is 8.04. The van der Waals surface area contributed by atoms with Gasteiger partial charge >= 0.3 is 5.97 Å². The normalized spacial score (nSPS) is 15.3. The lowest BCUT2D eigenvalue weighted by Gasteiger charge is -2.34. The van der Waals surface area contributed by atoms with Gasteiger partial charge in [-0.2, -0.15) is 5.10 Å². The highest BCUT2D eigenvalue weighted by atomic mass is 16.5. The summed E-state index contributed by atoms with van der Waals surface area (Å²) in [5, 5.41) is 5.11. The molecule has 0 saturated carbocycles. The van der Waals surface area contributed by atoms with Gasteiger partial charge in [-0.15, -0.1) is 0 Å². The molecule has 148 valence electrons. The van der Waals surface area contributed by atoms with Crippen LogP contribution in [-0.4, -0.2) is 68.9 Å². The maximum Gasteiger partial charge on any atom is 0.327 e. The van der Waals surface area contributed by atoms with Crippen LogP contribution in [0.3, 0.4) is 0 Å². The van der Waals surface area contributed by atoms with Crippen molar-refractivity contribution in [2.75, 3.05) is 38.2 Å². The number of esters is 1. The molecule has 0 aromatic carbocycles.